The van der Waals surface area contributed by atoms with Crippen molar-refractivity contribution in [2.45, 2.75) is 20.8 Å². The summed E-state index contributed by atoms with van der Waals surface area (Å²) < 4.78 is 0. The first kappa shape index (κ1) is 18.2. The normalized spacial score (nSPS) is 3.20. The molecule has 0 saturated carbocycles. The van der Waals surface area contributed by atoms with Gasteiger partial charge in [-0.3, -0.25) is 0 Å². The molecule has 0 aliphatic rings. The molecule has 0 bridgehead atoms. The summed E-state index contributed by atoms with van der Waals surface area (Å²) in [5.74, 6) is 21.2. The van der Waals surface area contributed by atoms with Crippen LogP contribution in [0.2, 0.25) is 0 Å². The van der Waals surface area contributed by atoms with E-state index in [2.05, 4.69) is 53.3 Å². The molecule has 0 amide bonds. The number of hydrogen-bond acceptors (Lipinski definition) is 0. The zero-order valence-corrected chi connectivity index (χ0v) is 9.23. The molecule has 0 aromatic carbocycles. The van der Waals surface area contributed by atoms with Crippen molar-refractivity contribution in [2.75, 3.05) is 0 Å². The van der Waals surface area contributed by atoms with Crippen LogP contribution in [0.25, 0.3) is 0 Å². The quantitative estimate of drug-likeness (QED) is 0.514. The van der Waals surface area contributed by atoms with Crippen LogP contribution in [0.3, 0.4) is 0 Å². The van der Waals surface area contributed by atoms with Gasteiger partial charge in [-0.1, -0.05) is 17.8 Å². The van der Waals surface area contributed by atoms with Crippen LogP contribution in [-0.4, -0.2) is 0 Å². The van der Waals surface area contributed by atoms with Gasteiger partial charge >= 0.3 is 0 Å². The van der Waals surface area contributed by atoms with Crippen LogP contribution in [0, 0.1) is 72.6 Å². The molecule has 0 atom stereocenters. The minimum atomic E-state index is 1.71. The van der Waals surface area contributed by atoms with Crippen molar-refractivity contribution < 1.29 is 0 Å². The molecule has 0 aromatic rings. The molecule has 0 spiro atoms. The first-order valence-electron chi connectivity index (χ1n) is 3.87. The first-order chi connectivity index (χ1) is 7.24. The zero-order valence-electron chi connectivity index (χ0n) is 9.23. The Bertz CT molecular complexity index is 352. The average Bonchev–Trinajstić information content (AvgIpc) is 2.23. The molecule has 0 fully saturated rings. The highest BCUT2D eigenvalue weighted by Crippen LogP contribution is 1.42. The molecule has 0 nitrogen and oxygen atoms in total. The van der Waals surface area contributed by atoms with Crippen LogP contribution in [0.4, 0.5) is 0 Å². The molecule has 0 rings (SSSR count). The van der Waals surface area contributed by atoms with Gasteiger partial charge in [0.25, 0.3) is 0 Å². The summed E-state index contributed by atoms with van der Waals surface area (Å²) in [5.41, 5.74) is 0. The summed E-state index contributed by atoms with van der Waals surface area (Å²) in [6.45, 7) is 5.12. The van der Waals surface area contributed by atoms with Gasteiger partial charge in [-0.15, -0.1) is 19.3 Å². The van der Waals surface area contributed by atoms with Gasteiger partial charge in [0.1, 0.15) is 0 Å². The molecule has 15 heavy (non-hydrogen) atoms. The molecular weight excluding hydrogens is 180 g/mol. The number of rotatable bonds is 0. The van der Waals surface area contributed by atoms with Crippen LogP contribution in [0.5, 0.6) is 0 Å². The van der Waals surface area contributed by atoms with Crippen molar-refractivity contribution in [2.24, 2.45) is 0 Å². The number of terminal acetylenes is 3. The fourth-order valence-corrected chi connectivity index (χ4v) is 0.217. The highest BCUT2D eigenvalue weighted by atomic mass is 13.4. The summed E-state index contributed by atoms with van der Waals surface area (Å²) in [5, 5.41) is 0. The lowest BCUT2D eigenvalue weighted by atomic mass is 10.6. The Kier molecular flexibility index (Phi) is 36.6. The van der Waals surface area contributed by atoms with Crippen molar-refractivity contribution in [3.05, 3.63) is 0 Å². The highest BCUT2D eigenvalue weighted by molar-refractivity contribution is 5.20. The molecule has 0 aliphatic carbocycles. The molecular formula is C15H12. The molecule has 0 N–H and O–H groups in total. The Morgan fingerprint density at radius 1 is 0.533 bits per heavy atom. The molecule has 0 unspecified atom stereocenters. The summed E-state index contributed by atoms with van der Waals surface area (Å²) in [4.78, 5) is 0. The molecule has 0 heterocycles. The standard InChI is InChI=1S/3C5H4/c3*1-3-5-4-2/h3*1H,2H3. The Hall–Kier alpha value is -2.64. The van der Waals surface area contributed by atoms with E-state index >= 15 is 0 Å². The van der Waals surface area contributed by atoms with E-state index in [1.54, 1.807) is 20.8 Å². The highest BCUT2D eigenvalue weighted by Gasteiger charge is 1.36. The summed E-state index contributed by atoms with van der Waals surface area (Å²) in [7, 11) is 0. The Morgan fingerprint density at radius 3 is 0.733 bits per heavy atom. The van der Waals surface area contributed by atoms with Crippen LogP contribution < -0.4 is 0 Å². The SMILES string of the molecule is C#CC#CC.C#CC#CC.C#CC#CC. The second-order valence-electron chi connectivity index (χ2n) is 1.56. The zero-order chi connectivity index (χ0) is 12.4. The lowest BCUT2D eigenvalue weighted by Crippen LogP contribution is -1.36. The van der Waals surface area contributed by atoms with Gasteiger partial charge in [0, 0.05) is 0 Å². The smallest absolute Gasteiger partial charge is 0.00168 e. The average molecular weight is 192 g/mol. The molecule has 0 saturated heterocycles. The second kappa shape index (κ2) is 30.1. The number of hydrogen-bond donors (Lipinski definition) is 0. The summed E-state index contributed by atoms with van der Waals surface area (Å²) in [6, 6.07) is 0. The first-order valence-corrected chi connectivity index (χ1v) is 3.87. The minimum Gasteiger partial charge on any atom is -0.106 e. The lowest BCUT2D eigenvalue weighted by Gasteiger charge is -1.42. The fourth-order valence-electron chi connectivity index (χ4n) is 0.217. The molecule has 0 heteroatoms. The molecule has 0 aromatic heterocycles. The van der Waals surface area contributed by atoms with Crippen molar-refractivity contribution in [1.82, 2.24) is 0 Å². The predicted molar refractivity (Wildman–Crippen MR) is 66.8 cm³/mol. The van der Waals surface area contributed by atoms with E-state index in [4.69, 9.17) is 19.3 Å². The van der Waals surface area contributed by atoms with E-state index in [9.17, 15) is 0 Å². The van der Waals surface area contributed by atoms with Gasteiger partial charge in [-0.05, 0) is 56.3 Å². The predicted octanol–water partition coefficient (Wildman–Crippen LogP) is 1.93. The minimum absolute atomic E-state index is 1.71. The maximum atomic E-state index is 4.72. The Balaban J connectivity index is -0.000000144. The van der Waals surface area contributed by atoms with Gasteiger partial charge in [0.05, 0.1) is 0 Å². The van der Waals surface area contributed by atoms with Crippen LogP contribution in [0.1, 0.15) is 20.8 Å². The third-order valence-electron chi connectivity index (χ3n) is 0.592. The van der Waals surface area contributed by atoms with Crippen molar-refractivity contribution >= 4 is 0 Å². The van der Waals surface area contributed by atoms with Crippen molar-refractivity contribution in [3.63, 3.8) is 0 Å². The lowest BCUT2D eigenvalue weighted by molar-refractivity contribution is 1.92. The topological polar surface area (TPSA) is 0 Å². The summed E-state index contributed by atoms with van der Waals surface area (Å²) >= 11 is 0. The van der Waals surface area contributed by atoms with E-state index in [1.807, 2.05) is 0 Å². The van der Waals surface area contributed by atoms with Crippen LogP contribution >= 0.6 is 0 Å². The van der Waals surface area contributed by atoms with Crippen LogP contribution in [-0.2, 0) is 0 Å². The van der Waals surface area contributed by atoms with Crippen molar-refractivity contribution in [3.8, 4) is 72.6 Å². The van der Waals surface area contributed by atoms with E-state index in [0.29, 0.717) is 0 Å². The van der Waals surface area contributed by atoms with Crippen LogP contribution in [0.15, 0.2) is 0 Å². The second-order valence-corrected chi connectivity index (χ2v) is 1.56. The molecule has 0 aliphatic heterocycles. The Labute approximate surface area is 93.9 Å². The summed E-state index contributed by atoms with van der Waals surface area (Å²) in [6.07, 6.45) is 14.1. The third-order valence-corrected chi connectivity index (χ3v) is 0.592. The monoisotopic (exact) mass is 192 g/mol. The molecule has 0 radical (unpaired) electrons. The van der Waals surface area contributed by atoms with E-state index in [1.165, 1.54) is 0 Å². The third kappa shape index (κ3) is 88.2. The Morgan fingerprint density at radius 2 is 0.733 bits per heavy atom. The van der Waals surface area contributed by atoms with E-state index in [-0.39, 0.29) is 0 Å². The largest absolute Gasteiger partial charge is 0.106 e. The van der Waals surface area contributed by atoms with E-state index in [0.717, 1.165) is 0 Å². The maximum Gasteiger partial charge on any atom is -0.00168 e. The molecule has 72 valence electrons. The van der Waals surface area contributed by atoms with Gasteiger partial charge in [0.2, 0.25) is 0 Å². The van der Waals surface area contributed by atoms with Gasteiger partial charge < -0.3 is 0 Å². The van der Waals surface area contributed by atoms with E-state index < -0.39 is 0 Å². The van der Waals surface area contributed by atoms with Crippen molar-refractivity contribution in [1.29, 1.82) is 0 Å². The maximum absolute atomic E-state index is 4.72. The van der Waals surface area contributed by atoms with Gasteiger partial charge in [-0.2, -0.15) is 0 Å². The van der Waals surface area contributed by atoms with Gasteiger partial charge in [-0.25, -0.2) is 0 Å². The van der Waals surface area contributed by atoms with Gasteiger partial charge in [0.15, 0.2) is 0 Å². The fraction of sp³-hybridized carbons (Fsp3) is 0.200.